The normalized spacial score (nSPS) is 52.1. The Morgan fingerprint density at radius 3 is 2.34 bits per heavy atom. The molecular weight excluding hydrogens is 416 g/mol. The summed E-state index contributed by atoms with van der Waals surface area (Å²) in [4.78, 5) is 23.5. The van der Waals surface area contributed by atoms with E-state index in [0.717, 1.165) is 0 Å². The van der Waals surface area contributed by atoms with Gasteiger partial charge in [0.25, 0.3) is 0 Å². The van der Waals surface area contributed by atoms with Crippen molar-refractivity contribution in [1.82, 2.24) is 0 Å². The standard InChI is InChI=1S/C24H36O8/c1-12-15-8-16-22(5)17(27)6-7-21(4,11-31-13(2)25)24(22,30)18(28)10-23(16,20(12)29)19(9-15)32-14(3)26/h15-20,27-30H,1,6-11H2,2-5H3/t15-,16+,17-,18-,19-,20+,21+,22-,23+,24+/m1/s1. The highest BCUT2D eigenvalue weighted by Gasteiger charge is 2.79. The molecule has 0 aromatic carbocycles. The van der Waals surface area contributed by atoms with Crippen molar-refractivity contribution >= 4 is 11.9 Å². The quantitative estimate of drug-likeness (QED) is 0.369. The first-order chi connectivity index (χ1) is 14.8. The SMILES string of the molecule is C=C1[C@@H]2C[C@@H]3[C@@](C[C@@H](O)[C@]4(O)[C@](C)(COC(C)=O)CC[C@@H](O)[C@@]34C)([C@H](OC(C)=O)C2)[C@H]1O. The van der Waals surface area contributed by atoms with Crippen LogP contribution in [0.4, 0.5) is 0 Å². The van der Waals surface area contributed by atoms with Gasteiger partial charge in [-0.05, 0) is 49.5 Å². The minimum atomic E-state index is -1.79. The second kappa shape index (κ2) is 7.26. The summed E-state index contributed by atoms with van der Waals surface area (Å²) in [5.74, 6) is -1.54. The van der Waals surface area contributed by atoms with E-state index in [9.17, 15) is 30.0 Å². The van der Waals surface area contributed by atoms with Crippen LogP contribution in [-0.2, 0) is 19.1 Å². The van der Waals surface area contributed by atoms with E-state index in [4.69, 9.17) is 9.47 Å². The lowest BCUT2D eigenvalue weighted by Gasteiger charge is -2.74. The van der Waals surface area contributed by atoms with Gasteiger partial charge in [0, 0.05) is 30.1 Å². The van der Waals surface area contributed by atoms with Gasteiger partial charge in [-0.1, -0.05) is 20.4 Å². The van der Waals surface area contributed by atoms with Crippen molar-refractivity contribution in [2.24, 2.45) is 28.1 Å². The van der Waals surface area contributed by atoms with Gasteiger partial charge in [0.2, 0.25) is 0 Å². The van der Waals surface area contributed by atoms with Crippen LogP contribution in [-0.4, -0.2) is 69.0 Å². The lowest BCUT2D eigenvalue weighted by Crippen LogP contribution is -2.82. The Labute approximate surface area is 188 Å². The molecule has 4 N–H and O–H groups in total. The Bertz CT molecular complexity index is 842. The zero-order chi connectivity index (χ0) is 23.9. The van der Waals surface area contributed by atoms with Crippen molar-refractivity contribution < 1.29 is 39.5 Å². The zero-order valence-corrected chi connectivity index (χ0v) is 19.3. The Kier molecular flexibility index (Phi) is 5.37. The monoisotopic (exact) mass is 452 g/mol. The largest absolute Gasteiger partial charge is 0.465 e. The molecule has 5 aliphatic rings. The molecule has 0 aliphatic heterocycles. The Morgan fingerprint density at radius 2 is 1.75 bits per heavy atom. The Hall–Kier alpha value is -1.48. The fourth-order valence-electron chi connectivity index (χ4n) is 8.12. The molecule has 8 nitrogen and oxygen atoms in total. The number of aliphatic hydroxyl groups excluding tert-OH is 3. The summed E-state index contributed by atoms with van der Waals surface area (Å²) in [6.07, 6.45) is -2.28. The molecule has 0 amide bonds. The van der Waals surface area contributed by atoms with Crippen LogP contribution in [0.25, 0.3) is 0 Å². The molecule has 0 radical (unpaired) electrons. The van der Waals surface area contributed by atoms with Gasteiger partial charge in [0.1, 0.15) is 11.7 Å². The van der Waals surface area contributed by atoms with Gasteiger partial charge in [0.15, 0.2) is 0 Å². The predicted molar refractivity (Wildman–Crippen MR) is 113 cm³/mol. The number of esters is 2. The second-order valence-electron chi connectivity index (χ2n) is 11.1. The van der Waals surface area contributed by atoms with Gasteiger partial charge in [0.05, 0.1) is 24.9 Å². The van der Waals surface area contributed by atoms with Crippen molar-refractivity contribution in [2.45, 2.75) is 89.8 Å². The maximum atomic E-state index is 12.3. The molecule has 5 fully saturated rings. The molecule has 0 unspecified atom stereocenters. The summed E-state index contributed by atoms with van der Waals surface area (Å²) in [6.45, 7) is 10.1. The number of fused-ring (bicyclic) bond motifs is 3. The molecule has 5 rings (SSSR count). The van der Waals surface area contributed by atoms with Gasteiger partial charge in [-0.25, -0.2) is 0 Å². The summed E-state index contributed by atoms with van der Waals surface area (Å²) >= 11 is 0. The van der Waals surface area contributed by atoms with Gasteiger partial charge < -0.3 is 29.9 Å². The first-order valence-electron chi connectivity index (χ1n) is 11.5. The molecule has 5 saturated carbocycles. The van der Waals surface area contributed by atoms with Crippen molar-refractivity contribution in [1.29, 1.82) is 0 Å². The molecule has 180 valence electrons. The van der Waals surface area contributed by atoms with Crippen LogP contribution >= 0.6 is 0 Å². The lowest BCUT2D eigenvalue weighted by atomic mass is 9.33. The Morgan fingerprint density at radius 1 is 1.09 bits per heavy atom. The Balaban J connectivity index is 1.88. The average molecular weight is 453 g/mol. The zero-order valence-electron chi connectivity index (χ0n) is 19.3. The number of carbonyl (C=O) groups excluding carboxylic acids is 2. The second-order valence-corrected chi connectivity index (χ2v) is 11.1. The van der Waals surface area contributed by atoms with Crippen molar-refractivity contribution in [3.8, 4) is 0 Å². The number of hydrogen-bond donors (Lipinski definition) is 4. The van der Waals surface area contributed by atoms with Crippen LogP contribution in [0.1, 0.15) is 59.8 Å². The molecule has 1 spiro atoms. The third kappa shape index (κ3) is 2.70. The summed E-state index contributed by atoms with van der Waals surface area (Å²) in [6, 6.07) is 0. The summed E-state index contributed by atoms with van der Waals surface area (Å²) in [7, 11) is 0. The van der Waals surface area contributed by atoms with E-state index in [2.05, 4.69) is 6.58 Å². The van der Waals surface area contributed by atoms with Crippen molar-refractivity contribution in [3.63, 3.8) is 0 Å². The molecule has 8 heteroatoms. The fourth-order valence-corrected chi connectivity index (χ4v) is 8.12. The van der Waals surface area contributed by atoms with Crippen LogP contribution in [0.15, 0.2) is 12.2 Å². The van der Waals surface area contributed by atoms with Crippen molar-refractivity contribution in [2.75, 3.05) is 6.61 Å². The molecule has 0 heterocycles. The molecule has 0 aromatic rings. The van der Waals surface area contributed by atoms with E-state index in [-0.39, 0.29) is 18.9 Å². The molecular formula is C24H36O8. The van der Waals surface area contributed by atoms with Crippen LogP contribution in [0.5, 0.6) is 0 Å². The topological polar surface area (TPSA) is 134 Å². The summed E-state index contributed by atoms with van der Waals surface area (Å²) < 4.78 is 11.0. The van der Waals surface area contributed by atoms with Gasteiger partial charge in [-0.3, -0.25) is 9.59 Å². The molecule has 5 aliphatic carbocycles. The first kappa shape index (κ1) is 23.7. The van der Waals surface area contributed by atoms with E-state index in [1.54, 1.807) is 13.8 Å². The van der Waals surface area contributed by atoms with Crippen LogP contribution < -0.4 is 0 Å². The average Bonchev–Trinajstić information content (AvgIpc) is 2.71. The fraction of sp³-hybridized carbons (Fsp3) is 0.833. The van der Waals surface area contributed by atoms with E-state index in [1.807, 2.05) is 0 Å². The molecule has 2 bridgehead atoms. The molecule has 0 aromatic heterocycles. The number of aliphatic hydroxyl groups is 4. The van der Waals surface area contributed by atoms with E-state index in [1.165, 1.54) is 13.8 Å². The first-order valence-corrected chi connectivity index (χ1v) is 11.5. The summed E-state index contributed by atoms with van der Waals surface area (Å²) in [5.41, 5.74) is -4.46. The highest BCUT2D eigenvalue weighted by atomic mass is 16.5. The number of ether oxygens (including phenoxy) is 2. The third-order valence-electron chi connectivity index (χ3n) is 9.71. The van der Waals surface area contributed by atoms with E-state index in [0.29, 0.717) is 31.3 Å². The highest BCUT2D eigenvalue weighted by Crippen LogP contribution is 2.73. The van der Waals surface area contributed by atoms with E-state index < -0.39 is 64.1 Å². The third-order valence-corrected chi connectivity index (χ3v) is 9.71. The van der Waals surface area contributed by atoms with Crippen LogP contribution in [0.3, 0.4) is 0 Å². The maximum absolute atomic E-state index is 12.3. The molecule has 10 atom stereocenters. The van der Waals surface area contributed by atoms with E-state index >= 15 is 0 Å². The van der Waals surface area contributed by atoms with Gasteiger partial charge in [-0.15, -0.1) is 0 Å². The van der Waals surface area contributed by atoms with Gasteiger partial charge in [-0.2, -0.15) is 0 Å². The minimum absolute atomic E-state index is 0.0169. The lowest BCUT2D eigenvalue weighted by molar-refractivity contribution is -0.362. The predicted octanol–water partition coefficient (Wildman–Crippen LogP) is 1.09. The smallest absolute Gasteiger partial charge is 0.302 e. The van der Waals surface area contributed by atoms with Crippen molar-refractivity contribution in [3.05, 3.63) is 12.2 Å². The van der Waals surface area contributed by atoms with Crippen LogP contribution in [0, 0.1) is 28.1 Å². The minimum Gasteiger partial charge on any atom is -0.465 e. The summed E-state index contributed by atoms with van der Waals surface area (Å²) in [5, 5.41) is 46.6. The van der Waals surface area contributed by atoms with Crippen LogP contribution in [0.2, 0.25) is 0 Å². The number of hydrogen-bond acceptors (Lipinski definition) is 8. The maximum Gasteiger partial charge on any atom is 0.302 e. The highest BCUT2D eigenvalue weighted by molar-refractivity contribution is 5.66. The number of carbonyl (C=O) groups is 2. The van der Waals surface area contributed by atoms with Gasteiger partial charge >= 0.3 is 11.9 Å². The molecule has 0 saturated heterocycles. The number of rotatable bonds is 3. The molecule has 32 heavy (non-hydrogen) atoms.